The first-order valence-corrected chi connectivity index (χ1v) is 14.2. The Bertz CT molecular complexity index is 1430. The van der Waals surface area contributed by atoms with Gasteiger partial charge in [0.2, 0.25) is 11.8 Å². The molecule has 3 aromatic rings. The van der Waals surface area contributed by atoms with Crippen LogP contribution < -0.4 is 10.0 Å². The van der Waals surface area contributed by atoms with Gasteiger partial charge in [-0.1, -0.05) is 61.5 Å². The lowest BCUT2D eigenvalue weighted by atomic mass is 9.99. The summed E-state index contributed by atoms with van der Waals surface area (Å²) in [5, 5.41) is 6.51. The Balaban J connectivity index is 1.61. The van der Waals surface area contributed by atoms with Crippen LogP contribution in [-0.4, -0.2) is 43.4 Å². The van der Waals surface area contributed by atoms with E-state index in [2.05, 4.69) is 15.2 Å². The fourth-order valence-electron chi connectivity index (χ4n) is 4.45. The van der Waals surface area contributed by atoms with Crippen LogP contribution in [0.5, 0.6) is 0 Å². The van der Waals surface area contributed by atoms with Crippen molar-refractivity contribution in [3.63, 3.8) is 0 Å². The van der Waals surface area contributed by atoms with Gasteiger partial charge in [-0.2, -0.15) is 0 Å². The summed E-state index contributed by atoms with van der Waals surface area (Å²) in [6.45, 7) is 7.61. The lowest BCUT2D eigenvalue weighted by Gasteiger charge is -2.33. The van der Waals surface area contributed by atoms with E-state index in [-0.39, 0.29) is 40.9 Å². The van der Waals surface area contributed by atoms with Crippen molar-refractivity contribution in [1.82, 2.24) is 15.4 Å². The minimum atomic E-state index is -3.95. The first-order valence-electron chi connectivity index (χ1n) is 12.7. The van der Waals surface area contributed by atoms with Crippen LogP contribution in [-0.2, 0) is 26.2 Å². The standard InChI is InChI=1S/C28H34N4O5S/c1-17(2)25(27(33)29-5)32(28(34)22-14-15-22)16-20-10-12-21(13-11-20)23-8-6-7-9-24(23)38(35,36)31-26-18(3)19(4)37-30-26/h6-13,17,22,25H,14-16H2,1-5H3,(H,29,33)(H,30,31)/t25-/m0/s1. The second kappa shape index (κ2) is 11.0. The Labute approximate surface area is 223 Å². The summed E-state index contributed by atoms with van der Waals surface area (Å²) in [7, 11) is -2.37. The summed E-state index contributed by atoms with van der Waals surface area (Å²) < 4.78 is 34.2. The molecule has 2 N–H and O–H groups in total. The van der Waals surface area contributed by atoms with Gasteiger partial charge in [-0.05, 0) is 49.8 Å². The van der Waals surface area contributed by atoms with Gasteiger partial charge < -0.3 is 14.7 Å². The molecule has 1 aromatic heterocycles. The predicted molar refractivity (Wildman–Crippen MR) is 145 cm³/mol. The highest BCUT2D eigenvalue weighted by Gasteiger charge is 2.39. The van der Waals surface area contributed by atoms with Gasteiger partial charge in [0.1, 0.15) is 11.8 Å². The van der Waals surface area contributed by atoms with Gasteiger partial charge in [0.15, 0.2) is 5.82 Å². The van der Waals surface area contributed by atoms with Crippen molar-refractivity contribution in [2.75, 3.05) is 11.8 Å². The maximum atomic E-state index is 13.3. The summed E-state index contributed by atoms with van der Waals surface area (Å²) in [4.78, 5) is 27.6. The Hall–Kier alpha value is -3.66. The molecule has 2 amide bonds. The normalized spacial score (nSPS) is 14.3. The van der Waals surface area contributed by atoms with Crippen LogP contribution >= 0.6 is 0 Å². The monoisotopic (exact) mass is 538 g/mol. The number of carbonyl (C=O) groups is 2. The summed E-state index contributed by atoms with van der Waals surface area (Å²) >= 11 is 0. The Morgan fingerprint density at radius 1 is 1.08 bits per heavy atom. The van der Waals surface area contributed by atoms with Gasteiger partial charge in [0.25, 0.3) is 10.0 Å². The Kier molecular flexibility index (Phi) is 7.91. The molecule has 0 spiro atoms. The highest BCUT2D eigenvalue weighted by molar-refractivity contribution is 7.92. The number of nitrogens with one attached hydrogen (secondary N) is 2. The molecule has 4 rings (SSSR count). The predicted octanol–water partition coefficient (Wildman–Crippen LogP) is 4.27. The number of aryl methyl sites for hydroxylation is 1. The molecule has 202 valence electrons. The molecular formula is C28H34N4O5S. The summed E-state index contributed by atoms with van der Waals surface area (Å²) in [6.07, 6.45) is 1.69. The van der Waals surface area contributed by atoms with Crippen molar-refractivity contribution >= 4 is 27.7 Å². The van der Waals surface area contributed by atoms with E-state index in [9.17, 15) is 18.0 Å². The number of carbonyl (C=O) groups excluding carboxylic acids is 2. The van der Waals surface area contributed by atoms with E-state index in [1.165, 1.54) is 0 Å². The number of likely N-dealkylation sites (N-methyl/N-ethyl adjacent to an activating group) is 1. The molecular weight excluding hydrogens is 504 g/mol. The molecule has 1 fully saturated rings. The SMILES string of the molecule is CNC(=O)[C@H](C(C)C)N(Cc1ccc(-c2ccccc2S(=O)(=O)Nc2noc(C)c2C)cc1)C(=O)C1CC1. The molecule has 0 aliphatic heterocycles. The van der Waals surface area contributed by atoms with Crippen LogP contribution in [0.3, 0.4) is 0 Å². The third-order valence-corrected chi connectivity index (χ3v) is 8.27. The molecule has 38 heavy (non-hydrogen) atoms. The number of hydrogen-bond donors (Lipinski definition) is 2. The van der Waals surface area contributed by atoms with Gasteiger partial charge in [-0.15, -0.1) is 0 Å². The molecule has 1 aliphatic rings. The fraction of sp³-hybridized carbons (Fsp3) is 0.393. The molecule has 1 atom stereocenters. The summed E-state index contributed by atoms with van der Waals surface area (Å²) in [5.74, 6) is 0.424. The quantitative estimate of drug-likeness (QED) is 0.398. The third-order valence-electron chi connectivity index (χ3n) is 6.87. The first kappa shape index (κ1) is 27.4. The van der Waals surface area contributed by atoms with Crippen LogP contribution in [0, 0.1) is 25.7 Å². The van der Waals surface area contributed by atoms with Crippen molar-refractivity contribution in [3.8, 4) is 11.1 Å². The zero-order chi connectivity index (χ0) is 27.6. The van der Waals surface area contributed by atoms with Crippen LogP contribution in [0.15, 0.2) is 57.9 Å². The number of anilines is 1. The van der Waals surface area contributed by atoms with Gasteiger partial charge in [-0.3, -0.25) is 14.3 Å². The van der Waals surface area contributed by atoms with Gasteiger partial charge >= 0.3 is 0 Å². The topological polar surface area (TPSA) is 122 Å². The maximum Gasteiger partial charge on any atom is 0.263 e. The van der Waals surface area contributed by atoms with Gasteiger partial charge in [-0.25, -0.2) is 8.42 Å². The maximum absolute atomic E-state index is 13.3. The number of benzene rings is 2. The largest absolute Gasteiger partial charge is 0.359 e. The van der Waals surface area contributed by atoms with Crippen molar-refractivity contribution in [3.05, 3.63) is 65.4 Å². The molecule has 0 radical (unpaired) electrons. The zero-order valence-corrected chi connectivity index (χ0v) is 23.1. The molecule has 1 aliphatic carbocycles. The number of hydrogen-bond acceptors (Lipinski definition) is 6. The lowest BCUT2D eigenvalue weighted by molar-refractivity contribution is -0.143. The van der Waals surface area contributed by atoms with Crippen molar-refractivity contribution in [1.29, 1.82) is 0 Å². The van der Waals surface area contributed by atoms with E-state index in [0.29, 0.717) is 22.5 Å². The minimum absolute atomic E-state index is 0.00252. The zero-order valence-electron chi connectivity index (χ0n) is 22.3. The second-order valence-corrected chi connectivity index (χ2v) is 11.7. The van der Waals surface area contributed by atoms with Crippen molar-refractivity contribution < 1.29 is 22.5 Å². The number of aromatic nitrogens is 1. The van der Waals surface area contributed by atoms with Crippen LogP contribution in [0.4, 0.5) is 5.82 Å². The first-order chi connectivity index (χ1) is 18.0. The van der Waals surface area contributed by atoms with Gasteiger partial charge in [0, 0.05) is 30.6 Å². The molecule has 0 unspecified atom stereocenters. The number of sulfonamides is 1. The van der Waals surface area contributed by atoms with Crippen LogP contribution in [0.2, 0.25) is 0 Å². The molecule has 1 heterocycles. The average molecular weight is 539 g/mol. The molecule has 2 aromatic carbocycles. The summed E-state index contributed by atoms with van der Waals surface area (Å²) in [5.41, 5.74) is 2.71. The molecule has 0 bridgehead atoms. The third kappa shape index (κ3) is 5.75. The van der Waals surface area contributed by atoms with E-state index in [1.807, 2.05) is 38.1 Å². The van der Waals surface area contributed by atoms with E-state index < -0.39 is 16.1 Å². The molecule has 1 saturated carbocycles. The van der Waals surface area contributed by atoms with E-state index >= 15 is 0 Å². The Morgan fingerprint density at radius 2 is 1.74 bits per heavy atom. The molecule has 9 nitrogen and oxygen atoms in total. The second-order valence-electron chi connectivity index (χ2n) is 10.1. The van der Waals surface area contributed by atoms with Gasteiger partial charge in [0.05, 0.1) is 4.90 Å². The molecule has 0 saturated heterocycles. The fourth-order valence-corrected chi connectivity index (χ4v) is 5.74. The van der Waals surface area contributed by atoms with E-state index in [4.69, 9.17) is 4.52 Å². The number of amides is 2. The number of rotatable bonds is 10. The highest BCUT2D eigenvalue weighted by Crippen LogP contribution is 2.34. The number of nitrogens with zero attached hydrogens (tertiary/aromatic N) is 2. The smallest absolute Gasteiger partial charge is 0.263 e. The minimum Gasteiger partial charge on any atom is -0.359 e. The molecule has 10 heteroatoms. The van der Waals surface area contributed by atoms with Crippen molar-refractivity contribution in [2.45, 2.75) is 58.0 Å². The van der Waals surface area contributed by atoms with Crippen molar-refractivity contribution in [2.24, 2.45) is 11.8 Å². The average Bonchev–Trinajstić information content (AvgIpc) is 3.70. The van der Waals surface area contributed by atoms with Crippen LogP contribution in [0.25, 0.3) is 11.1 Å². The van der Waals surface area contributed by atoms with E-state index in [1.54, 1.807) is 50.1 Å². The summed E-state index contributed by atoms with van der Waals surface area (Å²) in [6, 6.07) is 13.6. The highest BCUT2D eigenvalue weighted by atomic mass is 32.2. The van der Waals surface area contributed by atoms with E-state index in [0.717, 1.165) is 18.4 Å². The van der Waals surface area contributed by atoms with Crippen LogP contribution in [0.1, 0.15) is 43.6 Å². The lowest BCUT2D eigenvalue weighted by Crippen LogP contribution is -2.51. The Morgan fingerprint density at radius 3 is 2.29 bits per heavy atom.